The predicted molar refractivity (Wildman–Crippen MR) is 141 cm³/mol. The van der Waals surface area contributed by atoms with Crippen LogP contribution in [-0.4, -0.2) is 5.84 Å². The number of rotatable bonds is 2. The summed E-state index contributed by atoms with van der Waals surface area (Å²) in [5.74, 6) is 0.121. The highest BCUT2D eigenvalue weighted by Crippen LogP contribution is 2.48. The lowest BCUT2D eigenvalue weighted by Gasteiger charge is -2.21. The van der Waals surface area contributed by atoms with Crippen molar-refractivity contribution in [1.29, 1.82) is 5.41 Å². The van der Waals surface area contributed by atoms with Gasteiger partial charge in [0.05, 0.1) is 0 Å². The molecule has 0 amide bonds. The van der Waals surface area contributed by atoms with E-state index in [4.69, 9.17) is 16.9 Å². The number of fused-ring (bicyclic) bond motifs is 3. The molecule has 33 heavy (non-hydrogen) atoms. The maximum atomic E-state index is 7.01. The molecular weight excluding hydrogens is 402 g/mol. The second kappa shape index (κ2) is 10.8. The van der Waals surface area contributed by atoms with Gasteiger partial charge in [-0.1, -0.05) is 123 Å². The molecule has 1 aliphatic rings. The molecule has 0 aliphatic heterocycles. The van der Waals surface area contributed by atoms with Crippen LogP contribution in [0.4, 0.5) is 0 Å². The molecule has 0 bridgehead atoms. The van der Waals surface area contributed by atoms with Crippen molar-refractivity contribution in [3.05, 3.63) is 131 Å². The standard InChI is InChI=1S/C16H16.C7H8N2.C7H9N/c1-11-8-9-13-12-6-4-5-7-14(12)16(2,3)15(13)10-11;8-7(9)6-4-2-1-3-5-6;8-6-7-4-2-1-3-5-7/h4-10H,1-3H3;1-5H,(H3,8,9);1-5H,6,8H2. The Balaban J connectivity index is 0.000000153. The average Bonchev–Trinajstić information content (AvgIpc) is 3.07. The third-order valence-electron chi connectivity index (χ3n) is 5.90. The van der Waals surface area contributed by atoms with E-state index in [-0.39, 0.29) is 11.3 Å². The minimum Gasteiger partial charge on any atom is -0.384 e. The van der Waals surface area contributed by atoms with E-state index < -0.39 is 0 Å². The number of aryl methyl sites for hydroxylation is 1. The summed E-state index contributed by atoms with van der Waals surface area (Å²) in [4.78, 5) is 0. The van der Waals surface area contributed by atoms with Gasteiger partial charge in [0.15, 0.2) is 0 Å². The monoisotopic (exact) mass is 435 g/mol. The number of hydrogen-bond donors (Lipinski definition) is 3. The van der Waals surface area contributed by atoms with Gasteiger partial charge in [-0.25, -0.2) is 0 Å². The van der Waals surface area contributed by atoms with Crippen LogP contribution in [0.1, 0.15) is 41.7 Å². The first-order valence-electron chi connectivity index (χ1n) is 11.2. The molecule has 3 heteroatoms. The minimum absolute atomic E-state index is 0.121. The maximum absolute atomic E-state index is 7.01. The molecule has 3 nitrogen and oxygen atoms in total. The molecule has 0 atom stereocenters. The molecule has 5 N–H and O–H groups in total. The van der Waals surface area contributed by atoms with Crippen LogP contribution in [0, 0.1) is 12.3 Å². The number of hydrogen-bond acceptors (Lipinski definition) is 2. The predicted octanol–water partition coefficient (Wildman–Crippen LogP) is 6.42. The van der Waals surface area contributed by atoms with Gasteiger partial charge in [0.25, 0.3) is 0 Å². The number of nitrogens with two attached hydrogens (primary N) is 2. The van der Waals surface area contributed by atoms with Gasteiger partial charge in [-0.05, 0) is 34.7 Å². The molecule has 0 spiro atoms. The SMILES string of the molecule is Cc1ccc2c(c1)C(C)(C)c1ccccc1-2.N=C(N)c1ccccc1.NCc1ccccc1. The zero-order valence-corrected chi connectivity index (χ0v) is 19.7. The van der Waals surface area contributed by atoms with E-state index in [1.165, 1.54) is 33.4 Å². The van der Waals surface area contributed by atoms with Crippen molar-refractivity contribution < 1.29 is 0 Å². The van der Waals surface area contributed by atoms with E-state index in [9.17, 15) is 0 Å². The van der Waals surface area contributed by atoms with Crippen LogP contribution in [0.5, 0.6) is 0 Å². The Morgan fingerprint density at radius 3 is 1.82 bits per heavy atom. The first kappa shape index (κ1) is 24.0. The highest BCUT2D eigenvalue weighted by atomic mass is 14.7. The molecule has 1 aliphatic carbocycles. The lowest BCUT2D eigenvalue weighted by atomic mass is 9.82. The minimum atomic E-state index is 0.121. The van der Waals surface area contributed by atoms with E-state index in [0.29, 0.717) is 6.54 Å². The van der Waals surface area contributed by atoms with Crippen molar-refractivity contribution in [2.75, 3.05) is 0 Å². The number of nitrogens with one attached hydrogen (secondary N) is 1. The molecule has 0 fully saturated rings. The van der Waals surface area contributed by atoms with Crippen LogP contribution in [-0.2, 0) is 12.0 Å². The molecule has 168 valence electrons. The average molecular weight is 436 g/mol. The van der Waals surface area contributed by atoms with Crippen LogP contribution in [0.25, 0.3) is 11.1 Å². The van der Waals surface area contributed by atoms with Crippen LogP contribution in [0.2, 0.25) is 0 Å². The van der Waals surface area contributed by atoms with Gasteiger partial charge in [0.1, 0.15) is 5.84 Å². The third kappa shape index (κ3) is 5.76. The van der Waals surface area contributed by atoms with Gasteiger partial charge in [-0.15, -0.1) is 0 Å². The van der Waals surface area contributed by atoms with Crippen molar-refractivity contribution in [3.63, 3.8) is 0 Å². The van der Waals surface area contributed by atoms with Crippen LogP contribution in [0.3, 0.4) is 0 Å². The molecule has 0 saturated heterocycles. The molecule has 0 aromatic heterocycles. The quantitative estimate of drug-likeness (QED) is 0.251. The summed E-state index contributed by atoms with van der Waals surface area (Å²) < 4.78 is 0. The van der Waals surface area contributed by atoms with E-state index in [2.05, 4.69) is 63.2 Å². The lowest BCUT2D eigenvalue weighted by molar-refractivity contribution is 0.660. The normalized spacial score (nSPS) is 12.2. The fourth-order valence-corrected chi connectivity index (χ4v) is 4.05. The molecular formula is C30H33N3. The maximum Gasteiger partial charge on any atom is 0.122 e. The molecule has 0 radical (unpaired) electrons. The van der Waals surface area contributed by atoms with Crippen LogP contribution < -0.4 is 11.5 Å². The van der Waals surface area contributed by atoms with Crippen LogP contribution in [0.15, 0.2) is 103 Å². The summed E-state index contributed by atoms with van der Waals surface area (Å²) in [5, 5.41) is 7.01. The number of benzene rings is 4. The highest BCUT2D eigenvalue weighted by Gasteiger charge is 2.34. The summed E-state index contributed by atoms with van der Waals surface area (Å²) in [7, 11) is 0. The van der Waals surface area contributed by atoms with Crippen LogP contribution >= 0.6 is 0 Å². The number of amidine groups is 1. The van der Waals surface area contributed by atoms with Crippen molar-refractivity contribution in [3.8, 4) is 11.1 Å². The van der Waals surface area contributed by atoms with E-state index >= 15 is 0 Å². The van der Waals surface area contributed by atoms with E-state index in [1.54, 1.807) is 0 Å². The van der Waals surface area contributed by atoms with Gasteiger partial charge in [-0.3, -0.25) is 5.41 Å². The largest absolute Gasteiger partial charge is 0.384 e. The summed E-state index contributed by atoms with van der Waals surface area (Å²) in [6, 6.07) is 34.8. The third-order valence-corrected chi connectivity index (χ3v) is 5.90. The van der Waals surface area contributed by atoms with Gasteiger partial charge >= 0.3 is 0 Å². The van der Waals surface area contributed by atoms with E-state index in [1.807, 2.05) is 60.7 Å². The number of nitrogen functional groups attached to an aromatic ring is 1. The Hall–Kier alpha value is -3.69. The van der Waals surface area contributed by atoms with Gasteiger partial charge < -0.3 is 11.5 Å². The summed E-state index contributed by atoms with van der Waals surface area (Å²) in [5.41, 5.74) is 19.7. The zero-order chi connectivity index (χ0) is 23.8. The highest BCUT2D eigenvalue weighted by molar-refractivity contribution is 5.94. The molecule has 4 aromatic carbocycles. The summed E-state index contributed by atoms with van der Waals surface area (Å²) in [6.45, 7) is 7.44. The first-order chi connectivity index (χ1) is 15.8. The summed E-state index contributed by atoms with van der Waals surface area (Å²) in [6.07, 6.45) is 0. The summed E-state index contributed by atoms with van der Waals surface area (Å²) >= 11 is 0. The fourth-order valence-electron chi connectivity index (χ4n) is 4.05. The first-order valence-corrected chi connectivity index (χ1v) is 11.2. The van der Waals surface area contributed by atoms with Crippen molar-refractivity contribution in [2.24, 2.45) is 11.5 Å². The lowest BCUT2D eigenvalue weighted by Crippen LogP contribution is -2.14. The molecule has 0 unspecified atom stereocenters. The fraction of sp³-hybridized carbons (Fsp3) is 0.167. The van der Waals surface area contributed by atoms with Gasteiger partial charge in [0, 0.05) is 17.5 Å². The molecule has 0 heterocycles. The Bertz CT molecular complexity index is 1200. The van der Waals surface area contributed by atoms with E-state index in [0.717, 1.165) is 5.56 Å². The second-order valence-electron chi connectivity index (χ2n) is 8.69. The molecule has 0 saturated carbocycles. The molecule has 5 rings (SSSR count). The van der Waals surface area contributed by atoms with Gasteiger partial charge in [-0.2, -0.15) is 0 Å². The smallest absolute Gasteiger partial charge is 0.122 e. The molecule has 4 aromatic rings. The zero-order valence-electron chi connectivity index (χ0n) is 19.7. The Morgan fingerprint density at radius 2 is 1.27 bits per heavy atom. The second-order valence-corrected chi connectivity index (χ2v) is 8.69. The topological polar surface area (TPSA) is 75.9 Å². The van der Waals surface area contributed by atoms with Crippen molar-refractivity contribution in [2.45, 2.75) is 32.7 Å². The van der Waals surface area contributed by atoms with Crippen molar-refractivity contribution in [1.82, 2.24) is 0 Å². The van der Waals surface area contributed by atoms with Crippen molar-refractivity contribution >= 4 is 5.84 Å². The Labute approximate surface area is 197 Å². The van der Waals surface area contributed by atoms with Gasteiger partial charge in [0.2, 0.25) is 0 Å². The Kier molecular flexibility index (Phi) is 7.81. The Morgan fingerprint density at radius 1 is 0.727 bits per heavy atom.